The van der Waals surface area contributed by atoms with Crippen molar-refractivity contribution in [2.24, 2.45) is 5.92 Å². The summed E-state index contributed by atoms with van der Waals surface area (Å²) in [7, 11) is 0. The third-order valence-electron chi connectivity index (χ3n) is 7.79. The zero-order valence-corrected chi connectivity index (χ0v) is 21.3. The number of Topliss-reactive ketones (excluding diaryl/α,β-unsaturated/α-hetero) is 1. The van der Waals surface area contributed by atoms with Gasteiger partial charge in [-0.25, -0.2) is 4.79 Å². The number of aromatic hydroxyl groups is 1. The zero-order valence-electron chi connectivity index (χ0n) is 21.3. The summed E-state index contributed by atoms with van der Waals surface area (Å²) in [5.41, 5.74) is 5.90. The number of phenolic OH excluding ortho intramolecular Hbond substituents is 1. The maximum atomic E-state index is 13.8. The van der Waals surface area contributed by atoms with Gasteiger partial charge >= 0.3 is 5.97 Å². The summed E-state index contributed by atoms with van der Waals surface area (Å²) < 4.78 is 6.00. The first-order valence-electron chi connectivity index (χ1n) is 13.2. The molecule has 5 heteroatoms. The average molecular weight is 486 g/mol. The van der Waals surface area contributed by atoms with Gasteiger partial charge in [0.05, 0.1) is 5.57 Å². The van der Waals surface area contributed by atoms with Gasteiger partial charge in [0.2, 0.25) is 0 Å². The molecule has 1 heterocycles. The molecule has 1 aliphatic heterocycles. The number of allylic oxidation sites excluding steroid dienone is 3. The fourth-order valence-electron chi connectivity index (χ4n) is 5.93. The Labute approximate surface area is 213 Å². The Kier molecular flexibility index (Phi) is 6.74. The molecule has 0 spiro atoms. The van der Waals surface area contributed by atoms with Crippen LogP contribution in [0.25, 0.3) is 0 Å². The summed E-state index contributed by atoms with van der Waals surface area (Å²) in [6.07, 6.45) is 4.90. The van der Waals surface area contributed by atoms with Crippen molar-refractivity contribution in [2.45, 2.75) is 77.2 Å². The Morgan fingerprint density at radius 3 is 2.42 bits per heavy atom. The number of dihydropyridines is 1. The van der Waals surface area contributed by atoms with Crippen molar-refractivity contribution in [1.29, 1.82) is 0 Å². The smallest absolute Gasteiger partial charge is 0.337 e. The molecule has 1 saturated carbocycles. The van der Waals surface area contributed by atoms with Gasteiger partial charge in [-0.1, -0.05) is 55.8 Å². The number of phenols is 1. The Morgan fingerprint density at radius 2 is 1.75 bits per heavy atom. The van der Waals surface area contributed by atoms with Crippen LogP contribution >= 0.6 is 0 Å². The third-order valence-corrected chi connectivity index (χ3v) is 7.79. The van der Waals surface area contributed by atoms with E-state index in [1.54, 1.807) is 18.2 Å². The third kappa shape index (κ3) is 4.71. The lowest BCUT2D eigenvalue weighted by Gasteiger charge is -2.38. The highest BCUT2D eigenvalue weighted by Gasteiger charge is 2.43. The topological polar surface area (TPSA) is 75.6 Å². The second-order valence-electron chi connectivity index (χ2n) is 10.8. The van der Waals surface area contributed by atoms with E-state index in [0.717, 1.165) is 48.2 Å². The van der Waals surface area contributed by atoms with Crippen LogP contribution in [-0.4, -0.2) is 23.0 Å². The molecule has 0 radical (unpaired) electrons. The molecule has 5 nitrogen and oxygen atoms in total. The molecular formula is C31H35NO4. The molecule has 2 N–H and O–H groups in total. The second kappa shape index (κ2) is 9.96. The number of rotatable bonds is 5. The number of carbonyl (C=O) groups excluding carboxylic acids is 2. The molecule has 36 heavy (non-hydrogen) atoms. The van der Waals surface area contributed by atoms with Gasteiger partial charge in [0.15, 0.2) is 5.78 Å². The molecule has 0 aromatic heterocycles. The number of ether oxygens (including phenoxy) is 1. The summed E-state index contributed by atoms with van der Waals surface area (Å²) in [5, 5.41) is 13.8. The van der Waals surface area contributed by atoms with E-state index in [9.17, 15) is 14.7 Å². The number of esters is 1. The van der Waals surface area contributed by atoms with Crippen LogP contribution in [0, 0.1) is 12.8 Å². The van der Waals surface area contributed by atoms with E-state index in [1.807, 2.05) is 6.07 Å². The van der Waals surface area contributed by atoms with Gasteiger partial charge < -0.3 is 15.2 Å². The van der Waals surface area contributed by atoms with E-state index < -0.39 is 5.92 Å². The molecule has 0 bridgehead atoms. The van der Waals surface area contributed by atoms with Gasteiger partial charge in [0, 0.05) is 29.3 Å². The van der Waals surface area contributed by atoms with E-state index >= 15 is 0 Å². The molecule has 5 rings (SSSR count). The van der Waals surface area contributed by atoms with E-state index in [2.05, 4.69) is 50.4 Å². The van der Waals surface area contributed by atoms with Gasteiger partial charge in [0.1, 0.15) is 11.9 Å². The fraction of sp³-hybridized carbons (Fsp3) is 0.419. The van der Waals surface area contributed by atoms with Crippen molar-refractivity contribution in [1.82, 2.24) is 5.32 Å². The van der Waals surface area contributed by atoms with Crippen LogP contribution in [0.3, 0.4) is 0 Å². The molecule has 2 atom stereocenters. The van der Waals surface area contributed by atoms with Crippen LogP contribution in [0.15, 0.2) is 71.1 Å². The van der Waals surface area contributed by atoms with Gasteiger partial charge in [-0.15, -0.1) is 0 Å². The van der Waals surface area contributed by atoms with Gasteiger partial charge in [-0.3, -0.25) is 4.79 Å². The molecule has 188 valence electrons. The monoisotopic (exact) mass is 485 g/mol. The van der Waals surface area contributed by atoms with Crippen molar-refractivity contribution in [2.75, 3.05) is 0 Å². The van der Waals surface area contributed by atoms with Gasteiger partial charge in [0.25, 0.3) is 0 Å². The highest BCUT2D eigenvalue weighted by molar-refractivity contribution is 6.04. The summed E-state index contributed by atoms with van der Waals surface area (Å²) in [6.45, 7) is 6.17. The lowest BCUT2D eigenvalue weighted by atomic mass is 9.71. The first-order valence-corrected chi connectivity index (χ1v) is 13.2. The lowest BCUT2D eigenvalue weighted by Crippen LogP contribution is -2.38. The summed E-state index contributed by atoms with van der Waals surface area (Å²) in [4.78, 5) is 27.5. The lowest BCUT2D eigenvalue weighted by molar-refractivity contribution is -0.144. The Balaban J connectivity index is 1.60. The first kappa shape index (κ1) is 24.4. The van der Waals surface area contributed by atoms with Crippen LogP contribution in [0.4, 0.5) is 0 Å². The van der Waals surface area contributed by atoms with E-state index in [-0.39, 0.29) is 35.4 Å². The minimum Gasteiger partial charge on any atom is -0.508 e. The number of nitrogens with one attached hydrogen (secondary N) is 1. The SMILES string of the molecule is Cc1ccc(C2CC(=O)C3=C(C2)NC(C(C)C)=C(C(=O)OC2CCCC2)C3c2cccc(O)c2)cc1. The molecule has 2 aromatic carbocycles. The number of benzene rings is 2. The Morgan fingerprint density at radius 1 is 1.03 bits per heavy atom. The number of hydrogen-bond donors (Lipinski definition) is 2. The predicted octanol–water partition coefficient (Wildman–Crippen LogP) is 6.18. The number of aryl methyl sites for hydroxylation is 1. The largest absolute Gasteiger partial charge is 0.508 e. The fourth-order valence-corrected chi connectivity index (χ4v) is 5.93. The number of ketones is 1. The maximum absolute atomic E-state index is 13.8. The molecular weight excluding hydrogens is 450 g/mol. The molecule has 2 aliphatic carbocycles. The van der Waals surface area contributed by atoms with Crippen molar-refractivity contribution in [3.63, 3.8) is 0 Å². The van der Waals surface area contributed by atoms with E-state index in [0.29, 0.717) is 24.0 Å². The maximum Gasteiger partial charge on any atom is 0.337 e. The number of hydrogen-bond acceptors (Lipinski definition) is 5. The highest BCUT2D eigenvalue weighted by Crippen LogP contribution is 2.47. The van der Waals surface area contributed by atoms with E-state index in [4.69, 9.17) is 4.74 Å². The van der Waals surface area contributed by atoms with Crippen LogP contribution in [0.5, 0.6) is 5.75 Å². The van der Waals surface area contributed by atoms with Crippen LogP contribution < -0.4 is 5.32 Å². The standard InChI is InChI=1S/C31H35NO4/c1-18(2)30-29(31(35)36-24-9-4-5-10-24)27(21-7-6-8-23(33)15-21)28-25(32-30)16-22(17-26(28)34)20-13-11-19(3)12-14-20/h6-8,11-15,18,22,24,27,32-33H,4-5,9-10,16-17H2,1-3H3. The zero-order chi connectivity index (χ0) is 25.4. The minimum atomic E-state index is -0.564. The molecule has 3 aliphatic rings. The normalized spacial score (nSPS) is 22.6. The van der Waals surface area contributed by atoms with E-state index in [1.165, 1.54) is 5.56 Å². The molecule has 2 unspecified atom stereocenters. The molecule has 2 aromatic rings. The molecule has 1 fully saturated rings. The Bertz CT molecular complexity index is 1230. The average Bonchev–Trinajstić information content (AvgIpc) is 3.36. The predicted molar refractivity (Wildman–Crippen MR) is 139 cm³/mol. The Hall–Kier alpha value is -3.34. The molecule has 0 saturated heterocycles. The van der Waals surface area contributed by atoms with Crippen molar-refractivity contribution >= 4 is 11.8 Å². The van der Waals surface area contributed by atoms with Crippen LogP contribution in [0.2, 0.25) is 0 Å². The summed E-state index contributed by atoms with van der Waals surface area (Å²) in [6, 6.07) is 15.3. The summed E-state index contributed by atoms with van der Waals surface area (Å²) in [5.74, 6) is -0.660. The quantitative estimate of drug-likeness (QED) is 0.494. The van der Waals surface area contributed by atoms with Gasteiger partial charge in [-0.05, 0) is 74.1 Å². The highest BCUT2D eigenvalue weighted by atomic mass is 16.5. The van der Waals surface area contributed by atoms with Crippen molar-refractivity contribution < 1.29 is 19.4 Å². The minimum absolute atomic E-state index is 0.0276. The van der Waals surface area contributed by atoms with Gasteiger partial charge in [-0.2, -0.15) is 0 Å². The summed E-state index contributed by atoms with van der Waals surface area (Å²) >= 11 is 0. The van der Waals surface area contributed by atoms with Crippen molar-refractivity contribution in [3.05, 3.63) is 87.8 Å². The second-order valence-corrected chi connectivity index (χ2v) is 10.8. The van der Waals surface area contributed by atoms with Crippen LogP contribution in [0.1, 0.15) is 80.9 Å². The van der Waals surface area contributed by atoms with Crippen molar-refractivity contribution in [3.8, 4) is 5.75 Å². The first-order chi connectivity index (χ1) is 17.3. The van der Waals surface area contributed by atoms with Crippen LogP contribution in [-0.2, 0) is 14.3 Å². The molecule has 0 amide bonds. The number of carbonyl (C=O) groups is 2.